The highest BCUT2D eigenvalue weighted by Gasteiger charge is 2.38. The third-order valence-electron chi connectivity index (χ3n) is 6.22. The third kappa shape index (κ3) is 3.71. The molecule has 4 heterocycles. The van der Waals surface area contributed by atoms with Crippen LogP contribution in [0.15, 0.2) is 36.7 Å². The van der Waals surface area contributed by atoms with Gasteiger partial charge >= 0.3 is 12.2 Å². The van der Waals surface area contributed by atoms with Crippen molar-refractivity contribution in [3.63, 3.8) is 0 Å². The van der Waals surface area contributed by atoms with Gasteiger partial charge < -0.3 is 9.80 Å². The second kappa shape index (κ2) is 7.64. The standard InChI is InChI=1S/C21H22F3N7O/c1-13-8-18(21(22,23)24)28-31(13)17-4-2-14(3-5-17)16-10-30(11-16)20(32)29-7-6-15(9-29)19-25-12-26-27-19/h2-5,8,12,15-16H,6-7,9-11H2,1H3,(H,25,26,27)/t15-/m0/s1. The Balaban J connectivity index is 1.19. The zero-order chi connectivity index (χ0) is 22.5. The van der Waals surface area contributed by atoms with Gasteiger partial charge in [-0.2, -0.15) is 23.4 Å². The lowest BCUT2D eigenvalue weighted by atomic mass is 9.91. The van der Waals surface area contributed by atoms with Crippen LogP contribution in [0.2, 0.25) is 0 Å². The number of aromatic nitrogens is 5. The molecule has 0 unspecified atom stereocenters. The van der Waals surface area contributed by atoms with E-state index in [-0.39, 0.29) is 17.9 Å². The number of alkyl halides is 3. The molecular formula is C21H22F3N7O. The van der Waals surface area contributed by atoms with Crippen molar-refractivity contribution in [1.29, 1.82) is 0 Å². The van der Waals surface area contributed by atoms with E-state index in [1.165, 1.54) is 11.0 Å². The fraction of sp³-hybridized carbons (Fsp3) is 0.429. The minimum Gasteiger partial charge on any atom is -0.324 e. The summed E-state index contributed by atoms with van der Waals surface area (Å²) in [5, 5.41) is 10.4. The number of amides is 2. The molecule has 3 aromatic rings. The molecule has 8 nitrogen and oxygen atoms in total. The molecule has 0 spiro atoms. The second-order valence-corrected chi connectivity index (χ2v) is 8.36. The molecule has 0 radical (unpaired) electrons. The first kappa shape index (κ1) is 20.5. The molecular weight excluding hydrogens is 423 g/mol. The summed E-state index contributed by atoms with van der Waals surface area (Å²) in [7, 11) is 0. The average Bonchev–Trinajstić information content (AvgIpc) is 3.47. The van der Waals surface area contributed by atoms with Gasteiger partial charge in [-0.3, -0.25) is 5.10 Å². The van der Waals surface area contributed by atoms with Gasteiger partial charge in [-0.25, -0.2) is 14.5 Å². The van der Waals surface area contributed by atoms with Crippen molar-refractivity contribution < 1.29 is 18.0 Å². The largest absolute Gasteiger partial charge is 0.435 e. The van der Waals surface area contributed by atoms with Crippen LogP contribution in [0.25, 0.3) is 5.69 Å². The maximum Gasteiger partial charge on any atom is 0.435 e. The van der Waals surface area contributed by atoms with Crippen molar-refractivity contribution in [2.75, 3.05) is 26.2 Å². The Kier molecular flexibility index (Phi) is 4.90. The Bertz CT molecular complexity index is 1100. The molecule has 1 N–H and O–H groups in total. The van der Waals surface area contributed by atoms with Crippen molar-refractivity contribution in [1.82, 2.24) is 34.8 Å². The van der Waals surface area contributed by atoms with E-state index in [1.54, 1.807) is 19.1 Å². The number of hydrogen-bond donors (Lipinski definition) is 1. The summed E-state index contributed by atoms with van der Waals surface area (Å²) < 4.78 is 40.0. The van der Waals surface area contributed by atoms with E-state index in [2.05, 4.69) is 20.3 Å². The number of halogens is 3. The number of likely N-dealkylation sites (tertiary alicyclic amines) is 2. The zero-order valence-corrected chi connectivity index (χ0v) is 17.4. The quantitative estimate of drug-likeness (QED) is 0.671. The second-order valence-electron chi connectivity index (χ2n) is 8.36. The Hall–Kier alpha value is -3.37. The van der Waals surface area contributed by atoms with E-state index in [9.17, 15) is 18.0 Å². The van der Waals surface area contributed by atoms with Gasteiger partial charge in [0.25, 0.3) is 0 Å². The number of carbonyl (C=O) groups is 1. The van der Waals surface area contributed by atoms with Crippen LogP contribution in [0.3, 0.4) is 0 Å². The van der Waals surface area contributed by atoms with Crippen LogP contribution in [-0.2, 0) is 6.18 Å². The number of urea groups is 1. The van der Waals surface area contributed by atoms with Gasteiger partial charge in [0.1, 0.15) is 12.2 Å². The predicted molar refractivity (Wildman–Crippen MR) is 108 cm³/mol. The van der Waals surface area contributed by atoms with Crippen molar-refractivity contribution >= 4 is 6.03 Å². The van der Waals surface area contributed by atoms with Crippen LogP contribution >= 0.6 is 0 Å². The molecule has 1 aromatic carbocycles. The summed E-state index contributed by atoms with van der Waals surface area (Å²) in [6.07, 6.45) is -2.13. The van der Waals surface area contributed by atoms with E-state index < -0.39 is 11.9 Å². The van der Waals surface area contributed by atoms with Crippen LogP contribution in [0.5, 0.6) is 0 Å². The number of nitrogens with zero attached hydrogens (tertiary/aromatic N) is 6. The summed E-state index contributed by atoms with van der Waals surface area (Å²) in [6, 6.07) is 8.39. The number of H-pyrrole nitrogens is 1. The third-order valence-corrected chi connectivity index (χ3v) is 6.22. The van der Waals surface area contributed by atoms with E-state index >= 15 is 0 Å². The number of aromatic amines is 1. The van der Waals surface area contributed by atoms with Crippen LogP contribution in [-0.4, -0.2) is 67.0 Å². The highest BCUT2D eigenvalue weighted by atomic mass is 19.4. The summed E-state index contributed by atoms with van der Waals surface area (Å²) in [4.78, 5) is 20.7. The number of benzene rings is 1. The first-order chi connectivity index (χ1) is 15.3. The number of aryl methyl sites for hydroxylation is 1. The zero-order valence-electron chi connectivity index (χ0n) is 17.4. The minimum atomic E-state index is -4.47. The number of rotatable bonds is 3. The van der Waals surface area contributed by atoms with E-state index in [1.807, 2.05) is 21.9 Å². The van der Waals surface area contributed by atoms with Crippen LogP contribution in [0, 0.1) is 6.92 Å². The smallest absolute Gasteiger partial charge is 0.324 e. The molecule has 2 aromatic heterocycles. The molecule has 2 fully saturated rings. The Morgan fingerprint density at radius 1 is 1.09 bits per heavy atom. The normalized spacial score (nSPS) is 19.4. The lowest BCUT2D eigenvalue weighted by Crippen LogP contribution is -2.53. The fourth-order valence-electron chi connectivity index (χ4n) is 4.38. The summed E-state index contributed by atoms with van der Waals surface area (Å²) >= 11 is 0. The van der Waals surface area contributed by atoms with Gasteiger partial charge in [0, 0.05) is 43.7 Å². The Morgan fingerprint density at radius 2 is 1.81 bits per heavy atom. The molecule has 1 atom stereocenters. The molecule has 0 saturated carbocycles. The highest BCUT2D eigenvalue weighted by Crippen LogP contribution is 2.32. The molecule has 168 valence electrons. The van der Waals surface area contributed by atoms with Gasteiger partial charge in [0.05, 0.1) is 5.69 Å². The fourth-order valence-corrected chi connectivity index (χ4v) is 4.38. The summed E-state index contributed by atoms with van der Waals surface area (Å²) in [5.74, 6) is 1.22. The molecule has 11 heteroatoms. The van der Waals surface area contributed by atoms with E-state index in [0.29, 0.717) is 37.6 Å². The number of carbonyl (C=O) groups excluding carboxylic acids is 1. The van der Waals surface area contributed by atoms with Crippen LogP contribution in [0.1, 0.15) is 41.0 Å². The van der Waals surface area contributed by atoms with Crippen molar-refractivity contribution in [2.45, 2.75) is 31.4 Å². The Morgan fingerprint density at radius 3 is 2.44 bits per heavy atom. The van der Waals surface area contributed by atoms with Gasteiger partial charge in [0.2, 0.25) is 0 Å². The lowest BCUT2D eigenvalue weighted by Gasteiger charge is -2.41. The molecule has 2 aliphatic rings. The van der Waals surface area contributed by atoms with Crippen LogP contribution < -0.4 is 0 Å². The first-order valence-corrected chi connectivity index (χ1v) is 10.4. The molecule has 0 bridgehead atoms. The van der Waals surface area contributed by atoms with E-state index in [4.69, 9.17) is 0 Å². The monoisotopic (exact) mass is 445 g/mol. The summed E-state index contributed by atoms with van der Waals surface area (Å²) in [5.41, 5.74) is 1.14. The number of nitrogens with one attached hydrogen (secondary N) is 1. The van der Waals surface area contributed by atoms with Crippen molar-refractivity contribution in [2.24, 2.45) is 0 Å². The van der Waals surface area contributed by atoms with Crippen molar-refractivity contribution in [3.05, 3.63) is 59.4 Å². The maximum absolute atomic E-state index is 12.9. The van der Waals surface area contributed by atoms with Gasteiger partial charge in [-0.05, 0) is 37.1 Å². The first-order valence-electron chi connectivity index (χ1n) is 10.4. The molecule has 2 amide bonds. The topological polar surface area (TPSA) is 82.9 Å². The van der Waals surface area contributed by atoms with Crippen LogP contribution in [0.4, 0.5) is 18.0 Å². The average molecular weight is 445 g/mol. The van der Waals surface area contributed by atoms with E-state index in [0.717, 1.165) is 23.9 Å². The molecule has 2 saturated heterocycles. The molecule has 32 heavy (non-hydrogen) atoms. The number of hydrogen-bond acceptors (Lipinski definition) is 4. The summed E-state index contributed by atoms with van der Waals surface area (Å²) in [6.45, 7) is 4.18. The van der Waals surface area contributed by atoms with Gasteiger partial charge in [-0.1, -0.05) is 12.1 Å². The van der Waals surface area contributed by atoms with Gasteiger partial charge in [-0.15, -0.1) is 0 Å². The van der Waals surface area contributed by atoms with Gasteiger partial charge in [0.15, 0.2) is 5.69 Å². The van der Waals surface area contributed by atoms with Crippen molar-refractivity contribution in [3.8, 4) is 5.69 Å². The minimum absolute atomic E-state index is 0.0340. The highest BCUT2D eigenvalue weighted by molar-refractivity contribution is 5.76. The maximum atomic E-state index is 12.9. The SMILES string of the molecule is Cc1cc(C(F)(F)F)nn1-c1ccc(C2CN(C(=O)N3CC[C@H](c4ncn[nH]4)C3)C2)cc1. The lowest BCUT2D eigenvalue weighted by molar-refractivity contribution is -0.141. The molecule has 5 rings (SSSR count). The molecule has 2 aliphatic heterocycles. The predicted octanol–water partition coefficient (Wildman–Crippen LogP) is 3.33. The Labute approximate surface area is 182 Å². The molecule has 0 aliphatic carbocycles.